The molecule has 2 saturated heterocycles. The van der Waals surface area contributed by atoms with Gasteiger partial charge in [0.25, 0.3) is 0 Å². The van der Waals surface area contributed by atoms with Crippen molar-refractivity contribution in [3.05, 3.63) is 5.25 Å². The zero-order valence-electron chi connectivity index (χ0n) is 2.90. The zero-order chi connectivity index (χ0) is 3.28. The molecule has 27 valence electrons. The summed E-state index contributed by atoms with van der Waals surface area (Å²) in [5.41, 5.74) is 0. The average molecular weight is 85.2 g/mol. The standard InChI is InChI=1S/C4H5S/c1-3-2-4(1)5-3/h3H,1-2H2. The third kappa shape index (κ3) is 0.158. The predicted molar refractivity (Wildman–Crippen MR) is 23.9 cm³/mol. The first kappa shape index (κ1) is 2.51. The first-order valence-electron chi connectivity index (χ1n) is 1.96. The highest BCUT2D eigenvalue weighted by Gasteiger charge is 2.43. The van der Waals surface area contributed by atoms with Crippen LogP contribution >= 0.6 is 11.8 Å². The molecule has 0 aromatic heterocycles. The second-order valence-corrected chi connectivity index (χ2v) is 3.17. The van der Waals surface area contributed by atoms with Crippen LogP contribution in [0.2, 0.25) is 0 Å². The third-order valence-corrected chi connectivity index (χ3v) is 2.58. The van der Waals surface area contributed by atoms with Crippen LogP contribution in [0.25, 0.3) is 0 Å². The minimum atomic E-state index is 1.09. The van der Waals surface area contributed by atoms with E-state index in [9.17, 15) is 0 Å². The molecule has 0 spiro atoms. The van der Waals surface area contributed by atoms with Crippen LogP contribution in [-0.4, -0.2) is 5.25 Å². The van der Waals surface area contributed by atoms with Gasteiger partial charge in [-0.3, -0.25) is 0 Å². The molecule has 0 aromatic carbocycles. The Balaban J connectivity index is 2.19. The number of hydrogen-bond acceptors (Lipinski definition) is 1. The molecule has 2 heterocycles. The molecule has 0 amide bonds. The summed E-state index contributed by atoms with van der Waals surface area (Å²) >= 11 is 2.07. The van der Waals surface area contributed by atoms with Gasteiger partial charge in [-0.1, -0.05) is 0 Å². The Bertz CT molecular complexity index is 40.4. The van der Waals surface area contributed by atoms with Gasteiger partial charge in [0.15, 0.2) is 0 Å². The fourth-order valence-electron chi connectivity index (χ4n) is 0.665. The van der Waals surface area contributed by atoms with Crippen molar-refractivity contribution < 1.29 is 0 Å². The lowest BCUT2D eigenvalue weighted by Gasteiger charge is -2.47. The molecule has 0 unspecified atom stereocenters. The molecule has 2 bridgehead atoms. The molecule has 1 radical (unpaired) electrons. The lowest BCUT2D eigenvalue weighted by atomic mass is 9.97. The SMILES string of the molecule is C1[C]2CC1S2. The van der Waals surface area contributed by atoms with Crippen molar-refractivity contribution in [2.75, 3.05) is 0 Å². The molecule has 1 saturated carbocycles. The van der Waals surface area contributed by atoms with Crippen LogP contribution < -0.4 is 0 Å². The van der Waals surface area contributed by atoms with Crippen LogP contribution in [0.5, 0.6) is 0 Å². The average Bonchev–Trinajstić information content (AvgIpc) is 0.592. The summed E-state index contributed by atoms with van der Waals surface area (Å²) in [5, 5.41) is 2.83. The molecule has 0 nitrogen and oxygen atoms in total. The Kier molecular flexibility index (Phi) is 0.280. The first-order chi connectivity index (χ1) is 2.45. The molecule has 3 aliphatic rings. The van der Waals surface area contributed by atoms with E-state index in [1.165, 1.54) is 12.8 Å². The molecular weight excluding hydrogens is 80.1 g/mol. The van der Waals surface area contributed by atoms with Crippen molar-refractivity contribution in [1.29, 1.82) is 0 Å². The van der Waals surface area contributed by atoms with Gasteiger partial charge in [-0.05, 0) is 12.8 Å². The van der Waals surface area contributed by atoms with Gasteiger partial charge in [0, 0.05) is 10.5 Å². The number of thioether (sulfide) groups is 1. The largest absolute Gasteiger partial charge is 0.150 e. The summed E-state index contributed by atoms with van der Waals surface area (Å²) in [5.74, 6) is 0. The quantitative estimate of drug-likeness (QED) is 0.428. The Morgan fingerprint density at radius 1 is 1.60 bits per heavy atom. The van der Waals surface area contributed by atoms with Gasteiger partial charge in [0.05, 0.1) is 0 Å². The van der Waals surface area contributed by atoms with Crippen LogP contribution in [-0.2, 0) is 0 Å². The molecule has 1 aliphatic carbocycles. The van der Waals surface area contributed by atoms with E-state index in [0.29, 0.717) is 0 Å². The van der Waals surface area contributed by atoms with Crippen molar-refractivity contribution in [1.82, 2.24) is 0 Å². The highest BCUT2D eigenvalue weighted by molar-refractivity contribution is 8.05. The van der Waals surface area contributed by atoms with Crippen molar-refractivity contribution in [3.63, 3.8) is 0 Å². The molecule has 0 N–H and O–H groups in total. The summed E-state index contributed by atoms with van der Waals surface area (Å²) < 4.78 is 0. The molecule has 0 atom stereocenters. The molecule has 1 heteroatoms. The lowest BCUT2D eigenvalue weighted by molar-refractivity contribution is 0.588. The fraction of sp³-hybridized carbons (Fsp3) is 0.750. The Morgan fingerprint density at radius 2 is 1.80 bits per heavy atom. The highest BCUT2D eigenvalue weighted by atomic mass is 32.2. The lowest BCUT2D eigenvalue weighted by Crippen LogP contribution is -2.34. The molecular formula is C4H5S. The van der Waals surface area contributed by atoms with Gasteiger partial charge in [0.1, 0.15) is 0 Å². The van der Waals surface area contributed by atoms with Gasteiger partial charge < -0.3 is 0 Å². The summed E-state index contributed by atoms with van der Waals surface area (Å²) in [6.07, 6.45) is 2.93. The zero-order valence-corrected chi connectivity index (χ0v) is 3.72. The second-order valence-electron chi connectivity index (χ2n) is 1.69. The topological polar surface area (TPSA) is 0 Å². The minimum Gasteiger partial charge on any atom is -0.150 e. The van der Waals surface area contributed by atoms with Crippen molar-refractivity contribution in [3.8, 4) is 0 Å². The van der Waals surface area contributed by atoms with Crippen molar-refractivity contribution in [2.45, 2.75) is 18.1 Å². The van der Waals surface area contributed by atoms with E-state index >= 15 is 0 Å². The maximum absolute atomic E-state index is 2.07. The van der Waals surface area contributed by atoms with E-state index in [-0.39, 0.29) is 0 Å². The first-order valence-corrected chi connectivity index (χ1v) is 2.84. The molecule has 5 heavy (non-hydrogen) atoms. The summed E-state index contributed by atoms with van der Waals surface area (Å²) in [7, 11) is 0. The van der Waals surface area contributed by atoms with E-state index in [1.807, 2.05) is 0 Å². The van der Waals surface area contributed by atoms with Crippen LogP contribution in [0.1, 0.15) is 12.8 Å². The van der Waals surface area contributed by atoms with Gasteiger partial charge in [-0.25, -0.2) is 0 Å². The van der Waals surface area contributed by atoms with Crippen molar-refractivity contribution in [2.24, 2.45) is 0 Å². The van der Waals surface area contributed by atoms with E-state index in [0.717, 1.165) is 5.25 Å². The van der Waals surface area contributed by atoms with Gasteiger partial charge in [-0.15, -0.1) is 0 Å². The van der Waals surface area contributed by atoms with Crippen LogP contribution in [0, 0.1) is 5.25 Å². The van der Waals surface area contributed by atoms with E-state index in [2.05, 4.69) is 11.8 Å². The molecule has 3 fully saturated rings. The highest BCUT2D eigenvalue weighted by Crippen LogP contribution is 2.60. The minimum absolute atomic E-state index is 1.09. The normalized spacial score (nSPS) is 36.0. The second kappa shape index (κ2) is 0.558. The molecule has 3 rings (SSSR count). The smallest absolute Gasteiger partial charge is 0.0331 e. The maximum atomic E-state index is 2.07. The van der Waals surface area contributed by atoms with Crippen LogP contribution in [0.3, 0.4) is 0 Å². The number of rotatable bonds is 0. The summed E-state index contributed by atoms with van der Waals surface area (Å²) in [6, 6.07) is 0. The van der Waals surface area contributed by atoms with Crippen LogP contribution in [0.4, 0.5) is 0 Å². The maximum Gasteiger partial charge on any atom is 0.0331 e. The van der Waals surface area contributed by atoms with Gasteiger partial charge >= 0.3 is 0 Å². The Labute approximate surface area is 35.9 Å². The fourth-order valence-corrected chi connectivity index (χ4v) is 1.70. The molecule has 2 aliphatic heterocycles. The summed E-state index contributed by atoms with van der Waals surface area (Å²) in [6.45, 7) is 0. The number of hydrogen-bond donors (Lipinski definition) is 0. The summed E-state index contributed by atoms with van der Waals surface area (Å²) in [4.78, 5) is 0. The van der Waals surface area contributed by atoms with E-state index in [4.69, 9.17) is 0 Å². The predicted octanol–water partition coefficient (Wildman–Crippen LogP) is 1.43. The molecule has 0 aromatic rings. The van der Waals surface area contributed by atoms with Crippen LogP contribution in [0.15, 0.2) is 0 Å². The van der Waals surface area contributed by atoms with Gasteiger partial charge in [-0.2, -0.15) is 11.8 Å². The monoisotopic (exact) mass is 85.0 g/mol. The van der Waals surface area contributed by atoms with E-state index in [1.54, 1.807) is 5.25 Å². The van der Waals surface area contributed by atoms with E-state index < -0.39 is 0 Å². The Hall–Kier alpha value is 0.350. The van der Waals surface area contributed by atoms with Gasteiger partial charge in [0.2, 0.25) is 0 Å². The van der Waals surface area contributed by atoms with Crippen molar-refractivity contribution >= 4 is 11.8 Å². The Morgan fingerprint density at radius 3 is 1.80 bits per heavy atom. The third-order valence-electron chi connectivity index (χ3n) is 1.24.